The molecule has 2 fully saturated rings. The van der Waals surface area contributed by atoms with Gasteiger partial charge in [-0.3, -0.25) is 14.4 Å². The fourth-order valence-electron chi connectivity index (χ4n) is 7.08. The molecule has 230 valence electrons. The first-order valence-corrected chi connectivity index (χ1v) is 15.4. The van der Waals surface area contributed by atoms with Gasteiger partial charge < -0.3 is 34.2 Å². The first-order chi connectivity index (χ1) is 21.9. The topological polar surface area (TPSA) is 109 Å². The number of ether oxygens (including phenoxy) is 1. The quantitative estimate of drug-likeness (QED) is 0.282. The number of carbonyl (C=O) groups excluding carboxylic acids is 2. The van der Waals surface area contributed by atoms with Crippen LogP contribution in [0.25, 0.3) is 38.5 Å². The zero-order valence-electron chi connectivity index (χ0n) is 24.8. The summed E-state index contributed by atoms with van der Waals surface area (Å²) in [6.07, 6.45) is 4.45. The Hall–Kier alpha value is -4.90. The Labute approximate surface area is 257 Å². The Morgan fingerprint density at radius 3 is 2.67 bits per heavy atom. The van der Waals surface area contributed by atoms with Crippen LogP contribution in [-0.4, -0.2) is 66.6 Å². The van der Waals surface area contributed by atoms with Crippen molar-refractivity contribution in [2.45, 2.75) is 32.2 Å². The molecule has 0 spiro atoms. The van der Waals surface area contributed by atoms with Crippen LogP contribution in [0.2, 0.25) is 0 Å². The lowest BCUT2D eigenvalue weighted by atomic mass is 10.0. The molecule has 0 bridgehead atoms. The minimum absolute atomic E-state index is 0.0476. The van der Waals surface area contributed by atoms with Gasteiger partial charge in [-0.1, -0.05) is 18.2 Å². The molecule has 1 atom stereocenters. The van der Waals surface area contributed by atoms with Crippen LogP contribution < -0.4 is 25.7 Å². The number of carbonyl (C=O) groups is 2. The Balaban J connectivity index is 1.29. The lowest BCUT2D eigenvalue weighted by Gasteiger charge is -2.29. The summed E-state index contributed by atoms with van der Waals surface area (Å²) in [5, 5.41) is 7.60. The molecular weight excluding hydrogens is 577 g/mol. The molecule has 0 saturated carbocycles. The van der Waals surface area contributed by atoms with Crippen LogP contribution in [0.15, 0.2) is 57.9 Å². The number of rotatable bonds is 6. The highest BCUT2D eigenvalue weighted by Crippen LogP contribution is 2.48. The predicted octanol–water partition coefficient (Wildman–Crippen LogP) is 4.68. The summed E-state index contributed by atoms with van der Waals surface area (Å²) in [6, 6.07) is 12.4. The van der Waals surface area contributed by atoms with E-state index in [0.29, 0.717) is 60.7 Å². The smallest absolute Gasteiger partial charge is 0.256 e. The monoisotopic (exact) mass is 609 g/mol. The lowest BCUT2D eigenvalue weighted by Crippen LogP contribution is -2.36. The van der Waals surface area contributed by atoms with E-state index in [4.69, 9.17) is 9.15 Å². The SMILES string of the molecule is CC(=O)N[C@@H]1CCN(c2c(F)cc3c(=O)c(C(=O)NCCN4CCCC4)cn4c3c2Oc2cc3c(cc2-4)oc2ccccc23)C1. The minimum Gasteiger partial charge on any atom is -0.456 e. The van der Waals surface area contributed by atoms with E-state index < -0.39 is 17.2 Å². The van der Waals surface area contributed by atoms with Gasteiger partial charge in [0.25, 0.3) is 5.91 Å². The van der Waals surface area contributed by atoms with Gasteiger partial charge in [-0.15, -0.1) is 0 Å². The summed E-state index contributed by atoms with van der Waals surface area (Å²) < 4.78 is 30.6. The van der Waals surface area contributed by atoms with Crippen molar-refractivity contribution in [1.29, 1.82) is 0 Å². The van der Waals surface area contributed by atoms with E-state index in [1.807, 2.05) is 41.3 Å². The maximum Gasteiger partial charge on any atom is 0.256 e. The number of nitrogens with zero attached hydrogens (tertiary/aromatic N) is 3. The Morgan fingerprint density at radius 1 is 1.02 bits per heavy atom. The third-order valence-corrected chi connectivity index (χ3v) is 9.17. The number of benzene rings is 3. The van der Waals surface area contributed by atoms with Crippen molar-refractivity contribution in [1.82, 2.24) is 20.1 Å². The summed E-state index contributed by atoms with van der Waals surface area (Å²) in [5.41, 5.74) is 1.84. The maximum atomic E-state index is 16.2. The molecule has 2 saturated heterocycles. The van der Waals surface area contributed by atoms with Crippen molar-refractivity contribution in [2.24, 2.45) is 0 Å². The van der Waals surface area contributed by atoms with Crippen LogP contribution in [0, 0.1) is 5.82 Å². The van der Waals surface area contributed by atoms with Gasteiger partial charge in [0.15, 0.2) is 17.3 Å². The number of hydrogen-bond acceptors (Lipinski definition) is 7. The number of amides is 2. The fourth-order valence-corrected chi connectivity index (χ4v) is 7.08. The molecule has 0 aliphatic carbocycles. The number of halogens is 1. The summed E-state index contributed by atoms with van der Waals surface area (Å²) in [5.74, 6) is -0.646. The Morgan fingerprint density at radius 2 is 1.84 bits per heavy atom. The molecule has 3 aliphatic heterocycles. The third-order valence-electron chi connectivity index (χ3n) is 9.17. The minimum atomic E-state index is -0.630. The molecule has 11 heteroatoms. The second-order valence-corrected chi connectivity index (χ2v) is 12.1. The molecule has 3 aromatic carbocycles. The number of anilines is 1. The molecule has 0 radical (unpaired) electrons. The molecule has 5 aromatic rings. The number of pyridine rings is 1. The summed E-state index contributed by atoms with van der Waals surface area (Å²) in [7, 11) is 0. The average molecular weight is 610 g/mol. The lowest BCUT2D eigenvalue weighted by molar-refractivity contribution is -0.119. The van der Waals surface area contributed by atoms with Gasteiger partial charge in [-0.2, -0.15) is 0 Å². The maximum absolute atomic E-state index is 16.2. The summed E-state index contributed by atoms with van der Waals surface area (Å²) in [4.78, 5) is 43.1. The van der Waals surface area contributed by atoms with E-state index in [-0.39, 0.29) is 34.3 Å². The molecule has 2 aromatic heterocycles. The molecular formula is C34H32FN5O5. The van der Waals surface area contributed by atoms with Crippen LogP contribution in [0.3, 0.4) is 0 Å². The molecule has 2 amide bonds. The van der Waals surface area contributed by atoms with Crippen molar-refractivity contribution in [2.75, 3.05) is 44.2 Å². The van der Waals surface area contributed by atoms with Crippen LogP contribution in [0.4, 0.5) is 10.1 Å². The zero-order valence-corrected chi connectivity index (χ0v) is 24.8. The summed E-state index contributed by atoms with van der Waals surface area (Å²) >= 11 is 0. The van der Waals surface area contributed by atoms with Gasteiger partial charge >= 0.3 is 0 Å². The third kappa shape index (κ3) is 4.61. The zero-order chi connectivity index (χ0) is 30.8. The highest BCUT2D eigenvalue weighted by Gasteiger charge is 2.34. The van der Waals surface area contributed by atoms with E-state index in [1.54, 1.807) is 4.57 Å². The molecule has 2 N–H and O–H groups in total. The number of hydrogen-bond donors (Lipinski definition) is 2. The number of nitrogens with one attached hydrogen (secondary N) is 2. The largest absolute Gasteiger partial charge is 0.456 e. The fraction of sp³-hybridized carbons (Fsp3) is 0.324. The van der Waals surface area contributed by atoms with Crippen LogP contribution in [-0.2, 0) is 4.79 Å². The number of fused-ring (bicyclic) bond motifs is 5. The molecule has 3 aliphatic rings. The summed E-state index contributed by atoms with van der Waals surface area (Å²) in [6.45, 7) is 5.44. The molecule has 5 heterocycles. The van der Waals surface area contributed by atoms with Crippen LogP contribution >= 0.6 is 0 Å². The molecule has 45 heavy (non-hydrogen) atoms. The van der Waals surface area contributed by atoms with Gasteiger partial charge in [-0.05, 0) is 50.6 Å². The first kappa shape index (κ1) is 27.6. The normalized spacial score (nSPS) is 17.6. The number of likely N-dealkylation sites (tertiary alicyclic amines) is 1. The van der Waals surface area contributed by atoms with E-state index in [1.165, 1.54) is 19.2 Å². The second kappa shape index (κ2) is 10.6. The highest BCUT2D eigenvalue weighted by molar-refractivity contribution is 6.07. The van der Waals surface area contributed by atoms with Crippen molar-refractivity contribution in [3.8, 4) is 17.2 Å². The van der Waals surface area contributed by atoms with Crippen molar-refractivity contribution >= 4 is 50.3 Å². The van der Waals surface area contributed by atoms with Crippen LogP contribution in [0.1, 0.15) is 36.5 Å². The molecule has 0 unspecified atom stereocenters. The Bertz CT molecular complexity index is 2100. The number of aromatic nitrogens is 1. The standard InChI is InChI=1S/C34H32FN5O5/c1-19(41)37-20-8-12-39(17-20)31-25(35)14-23-30-33(31)45-29-15-22-21-6-2-3-7-27(21)44-28(22)16-26(29)40(30)18-24(32(23)42)34(43)36-9-13-38-10-4-5-11-38/h2-3,6-7,14-16,18,20H,4-5,8-13,17H2,1H3,(H,36,43)(H,37,41)/t20-/m1/s1. The van der Waals surface area contributed by atoms with E-state index >= 15 is 4.39 Å². The Kier molecular flexibility index (Phi) is 6.52. The molecule has 8 rings (SSSR count). The van der Waals surface area contributed by atoms with Gasteiger partial charge in [0.1, 0.15) is 27.9 Å². The van der Waals surface area contributed by atoms with E-state index in [0.717, 1.165) is 36.7 Å². The highest BCUT2D eigenvalue weighted by atomic mass is 19.1. The van der Waals surface area contributed by atoms with Crippen molar-refractivity contribution < 1.29 is 23.1 Å². The second-order valence-electron chi connectivity index (χ2n) is 12.1. The van der Waals surface area contributed by atoms with Gasteiger partial charge in [-0.25, -0.2) is 4.39 Å². The first-order valence-electron chi connectivity index (χ1n) is 15.4. The van der Waals surface area contributed by atoms with Gasteiger partial charge in [0.2, 0.25) is 11.3 Å². The van der Waals surface area contributed by atoms with Crippen molar-refractivity contribution in [3.63, 3.8) is 0 Å². The number of furan rings is 1. The number of para-hydroxylation sites is 1. The average Bonchev–Trinajstić information content (AvgIpc) is 3.78. The predicted molar refractivity (Wildman–Crippen MR) is 169 cm³/mol. The van der Waals surface area contributed by atoms with Crippen LogP contribution in [0.5, 0.6) is 11.5 Å². The van der Waals surface area contributed by atoms with E-state index in [9.17, 15) is 14.4 Å². The molecule has 10 nitrogen and oxygen atoms in total. The van der Waals surface area contributed by atoms with Gasteiger partial charge in [0, 0.05) is 62.2 Å². The van der Waals surface area contributed by atoms with Crippen molar-refractivity contribution in [3.05, 3.63) is 70.3 Å². The van der Waals surface area contributed by atoms with E-state index in [2.05, 4.69) is 15.5 Å². The van der Waals surface area contributed by atoms with Gasteiger partial charge in [0.05, 0.1) is 11.1 Å².